The van der Waals surface area contributed by atoms with Gasteiger partial charge in [-0.1, -0.05) is 12.1 Å². The molecule has 1 aliphatic rings. The van der Waals surface area contributed by atoms with E-state index >= 15 is 0 Å². The van der Waals surface area contributed by atoms with Crippen LogP contribution in [0.2, 0.25) is 0 Å². The fourth-order valence-corrected chi connectivity index (χ4v) is 3.09. The molecule has 0 aliphatic carbocycles. The third-order valence-electron chi connectivity index (χ3n) is 4.67. The molecule has 131 valence electrons. The molecule has 1 aromatic carbocycles. The number of halogens is 1. The molecule has 5 heteroatoms. The monoisotopic (exact) mass is 340 g/mol. The van der Waals surface area contributed by atoms with E-state index in [9.17, 15) is 9.18 Å². The van der Waals surface area contributed by atoms with Crippen molar-refractivity contribution in [2.75, 3.05) is 31.1 Å². The molecule has 2 aromatic rings. The first-order valence-corrected chi connectivity index (χ1v) is 8.59. The molecule has 0 spiro atoms. The summed E-state index contributed by atoms with van der Waals surface area (Å²) in [5.74, 6) is -0.0697. The topological polar surface area (TPSA) is 36.4 Å². The third kappa shape index (κ3) is 4.35. The SMILES string of the molecule is [CH2]c1ccc(CCc2ccc(N3CCN(C(C)=O)CC3)cn2)c(F)c1. The molecule has 0 N–H and O–H groups in total. The van der Waals surface area contributed by atoms with Crippen molar-refractivity contribution >= 4 is 11.6 Å². The average molecular weight is 340 g/mol. The Morgan fingerprint density at radius 2 is 1.92 bits per heavy atom. The van der Waals surface area contributed by atoms with Crippen molar-refractivity contribution in [3.05, 3.63) is 66.1 Å². The van der Waals surface area contributed by atoms with Crippen molar-refractivity contribution in [2.24, 2.45) is 0 Å². The minimum Gasteiger partial charge on any atom is -0.367 e. The lowest BCUT2D eigenvalue weighted by Crippen LogP contribution is -2.48. The molecule has 4 nitrogen and oxygen atoms in total. The fraction of sp³-hybridized carbons (Fsp3) is 0.350. The van der Waals surface area contributed by atoms with Gasteiger partial charge in [0.1, 0.15) is 5.82 Å². The summed E-state index contributed by atoms with van der Waals surface area (Å²) in [6.07, 6.45) is 3.19. The van der Waals surface area contributed by atoms with Gasteiger partial charge in [0.2, 0.25) is 5.91 Å². The number of aryl methyl sites for hydroxylation is 2. The van der Waals surface area contributed by atoms with Crippen molar-refractivity contribution in [1.29, 1.82) is 0 Å². The molecular weight excluding hydrogens is 317 g/mol. The lowest BCUT2D eigenvalue weighted by Gasteiger charge is -2.35. The van der Waals surface area contributed by atoms with Crippen LogP contribution in [-0.4, -0.2) is 42.0 Å². The summed E-state index contributed by atoms with van der Waals surface area (Å²) in [5.41, 5.74) is 3.40. The number of piperazine rings is 1. The van der Waals surface area contributed by atoms with E-state index in [1.165, 1.54) is 6.07 Å². The Balaban J connectivity index is 1.56. The van der Waals surface area contributed by atoms with E-state index in [0.29, 0.717) is 24.0 Å². The standard InChI is InChI=1S/C20H23FN3O/c1-15-3-4-17(20(21)13-15)5-6-18-7-8-19(14-22-18)24-11-9-23(10-12-24)16(2)25/h3-4,7-8,13-14H,1,5-6,9-12H2,2H3. The Labute approximate surface area is 148 Å². The van der Waals surface area contributed by atoms with Crippen LogP contribution < -0.4 is 4.90 Å². The Hall–Kier alpha value is -2.43. The molecule has 25 heavy (non-hydrogen) atoms. The van der Waals surface area contributed by atoms with Gasteiger partial charge in [-0.3, -0.25) is 9.78 Å². The minimum absolute atomic E-state index is 0.132. The number of carbonyl (C=O) groups is 1. The van der Waals surface area contributed by atoms with E-state index in [4.69, 9.17) is 0 Å². The molecular formula is C20H23FN3O. The van der Waals surface area contributed by atoms with Crippen LogP contribution in [-0.2, 0) is 17.6 Å². The second-order valence-electron chi connectivity index (χ2n) is 6.43. The van der Waals surface area contributed by atoms with Crippen LogP contribution in [0.1, 0.15) is 23.7 Å². The lowest BCUT2D eigenvalue weighted by molar-refractivity contribution is -0.129. The number of pyridine rings is 1. The van der Waals surface area contributed by atoms with Gasteiger partial charge in [0.15, 0.2) is 0 Å². The molecule has 2 heterocycles. The van der Waals surface area contributed by atoms with Gasteiger partial charge in [0.25, 0.3) is 0 Å². The Bertz CT molecular complexity index is 737. The summed E-state index contributed by atoms with van der Waals surface area (Å²) in [4.78, 5) is 20.0. The number of carbonyl (C=O) groups excluding carboxylic acids is 1. The highest BCUT2D eigenvalue weighted by Crippen LogP contribution is 2.17. The first-order valence-electron chi connectivity index (χ1n) is 8.59. The van der Waals surface area contributed by atoms with E-state index in [0.717, 1.165) is 37.6 Å². The predicted molar refractivity (Wildman–Crippen MR) is 97.0 cm³/mol. The summed E-state index contributed by atoms with van der Waals surface area (Å²) >= 11 is 0. The van der Waals surface area contributed by atoms with E-state index in [-0.39, 0.29) is 11.7 Å². The molecule has 0 saturated carbocycles. The molecule has 1 amide bonds. The van der Waals surface area contributed by atoms with Crippen molar-refractivity contribution in [1.82, 2.24) is 9.88 Å². The Kier molecular flexibility index (Phi) is 5.31. The summed E-state index contributed by atoms with van der Waals surface area (Å²) in [5, 5.41) is 0. The van der Waals surface area contributed by atoms with Crippen LogP contribution in [0, 0.1) is 12.7 Å². The number of aromatic nitrogens is 1. The highest BCUT2D eigenvalue weighted by molar-refractivity contribution is 5.73. The highest BCUT2D eigenvalue weighted by atomic mass is 19.1. The summed E-state index contributed by atoms with van der Waals surface area (Å²) in [6.45, 7) is 8.48. The zero-order valence-corrected chi connectivity index (χ0v) is 14.5. The third-order valence-corrected chi connectivity index (χ3v) is 4.67. The van der Waals surface area contributed by atoms with Crippen LogP contribution in [0.25, 0.3) is 0 Å². The molecule has 1 fully saturated rings. The number of anilines is 1. The van der Waals surface area contributed by atoms with E-state index in [2.05, 4.69) is 22.9 Å². The first kappa shape index (κ1) is 17.4. The largest absolute Gasteiger partial charge is 0.367 e. The number of nitrogens with zero attached hydrogens (tertiary/aromatic N) is 3. The Morgan fingerprint density at radius 3 is 2.52 bits per heavy atom. The van der Waals surface area contributed by atoms with Gasteiger partial charge in [0, 0.05) is 38.8 Å². The number of benzene rings is 1. The minimum atomic E-state index is -0.201. The van der Waals surface area contributed by atoms with Gasteiger partial charge < -0.3 is 9.80 Å². The lowest BCUT2D eigenvalue weighted by atomic mass is 10.1. The van der Waals surface area contributed by atoms with Crippen molar-refractivity contribution in [3.8, 4) is 0 Å². The molecule has 1 radical (unpaired) electrons. The number of amides is 1. The van der Waals surface area contributed by atoms with Gasteiger partial charge in [-0.2, -0.15) is 0 Å². The molecule has 3 rings (SSSR count). The second kappa shape index (κ2) is 7.64. The predicted octanol–water partition coefficient (Wildman–Crippen LogP) is 2.86. The summed E-state index contributed by atoms with van der Waals surface area (Å²) in [6, 6.07) is 9.14. The van der Waals surface area contributed by atoms with E-state index in [1.54, 1.807) is 13.0 Å². The average Bonchev–Trinajstić information content (AvgIpc) is 2.61. The van der Waals surface area contributed by atoms with Gasteiger partial charge in [-0.05, 0) is 49.1 Å². The van der Waals surface area contributed by atoms with E-state index in [1.807, 2.05) is 23.2 Å². The van der Waals surface area contributed by atoms with Gasteiger partial charge in [-0.25, -0.2) is 4.39 Å². The smallest absolute Gasteiger partial charge is 0.219 e. The highest BCUT2D eigenvalue weighted by Gasteiger charge is 2.18. The zero-order valence-electron chi connectivity index (χ0n) is 14.5. The number of hydrogen-bond donors (Lipinski definition) is 0. The summed E-state index contributed by atoms with van der Waals surface area (Å²) < 4.78 is 13.9. The van der Waals surface area contributed by atoms with Crippen LogP contribution in [0.3, 0.4) is 0 Å². The molecule has 1 saturated heterocycles. The van der Waals surface area contributed by atoms with Gasteiger partial charge >= 0.3 is 0 Å². The normalized spacial score (nSPS) is 14.7. The molecule has 1 aromatic heterocycles. The fourth-order valence-electron chi connectivity index (χ4n) is 3.09. The molecule has 0 unspecified atom stereocenters. The maximum Gasteiger partial charge on any atom is 0.219 e. The maximum absolute atomic E-state index is 13.9. The number of hydrogen-bond acceptors (Lipinski definition) is 3. The molecule has 0 bridgehead atoms. The molecule has 1 aliphatic heterocycles. The molecule has 0 atom stereocenters. The van der Waals surface area contributed by atoms with Crippen LogP contribution in [0.4, 0.5) is 10.1 Å². The van der Waals surface area contributed by atoms with Crippen LogP contribution >= 0.6 is 0 Å². The van der Waals surface area contributed by atoms with Crippen LogP contribution in [0.5, 0.6) is 0 Å². The van der Waals surface area contributed by atoms with Crippen LogP contribution in [0.15, 0.2) is 36.5 Å². The van der Waals surface area contributed by atoms with Gasteiger partial charge in [0.05, 0.1) is 11.9 Å². The second-order valence-corrected chi connectivity index (χ2v) is 6.43. The zero-order chi connectivity index (χ0) is 17.8. The van der Waals surface area contributed by atoms with E-state index < -0.39 is 0 Å². The quantitative estimate of drug-likeness (QED) is 0.859. The van der Waals surface area contributed by atoms with Crippen molar-refractivity contribution < 1.29 is 9.18 Å². The van der Waals surface area contributed by atoms with Crippen molar-refractivity contribution in [3.63, 3.8) is 0 Å². The number of rotatable bonds is 4. The first-order chi connectivity index (χ1) is 12.0. The summed E-state index contributed by atoms with van der Waals surface area (Å²) in [7, 11) is 0. The van der Waals surface area contributed by atoms with Crippen molar-refractivity contribution in [2.45, 2.75) is 19.8 Å². The maximum atomic E-state index is 13.9. The Morgan fingerprint density at radius 1 is 1.16 bits per heavy atom. The van der Waals surface area contributed by atoms with Gasteiger partial charge in [-0.15, -0.1) is 0 Å².